The van der Waals surface area contributed by atoms with E-state index >= 15 is 0 Å². The van der Waals surface area contributed by atoms with Crippen LogP contribution in [0.1, 0.15) is 188 Å². The molecule has 0 aromatic heterocycles. The molecule has 0 aromatic rings. The Morgan fingerprint density at radius 3 is 1.56 bits per heavy atom. The minimum atomic E-state index is -1.02. The molecule has 0 N–H and O–H groups in total. The Balaban J connectivity index is 2.55. The fourth-order valence-corrected chi connectivity index (χ4v) is 6.54. The third-order valence-electron chi connectivity index (χ3n) is 10.4. The summed E-state index contributed by atoms with van der Waals surface area (Å²) in [5.74, 6) is -2.43. The maximum Gasteiger partial charge on any atom is 0.508 e. The van der Waals surface area contributed by atoms with Crippen LogP contribution in [-0.2, 0) is 47.6 Å². The van der Waals surface area contributed by atoms with Crippen LogP contribution in [0.4, 0.5) is 4.79 Å². The predicted octanol–water partition coefficient (Wildman–Crippen LogP) is 11.4. The SMILES string of the molecule is CCCCC/C=C\C/C=C\CCCCCCCC(=O)OCC(COC(=O)CCC(OCCCCCCCC)OCCCCCCCC)COC(=O)OCCN1C(=O)C=CC1=O. The average molecular weight is 862 g/mol. The zero-order valence-corrected chi connectivity index (χ0v) is 38.4. The van der Waals surface area contributed by atoms with Gasteiger partial charge in [0.2, 0.25) is 0 Å². The number of imide groups is 1. The fourth-order valence-electron chi connectivity index (χ4n) is 6.54. The molecule has 1 unspecified atom stereocenters. The summed E-state index contributed by atoms with van der Waals surface area (Å²) in [5.41, 5.74) is 0. The summed E-state index contributed by atoms with van der Waals surface area (Å²) in [5, 5.41) is 0. The Morgan fingerprint density at radius 1 is 0.525 bits per heavy atom. The Labute approximate surface area is 368 Å². The first kappa shape index (κ1) is 55.5. The van der Waals surface area contributed by atoms with Gasteiger partial charge in [-0.25, -0.2) is 4.79 Å². The van der Waals surface area contributed by atoms with Gasteiger partial charge in [-0.15, -0.1) is 0 Å². The summed E-state index contributed by atoms with van der Waals surface area (Å²) in [7, 11) is 0. The normalized spacial score (nSPS) is 13.3. The molecule has 0 saturated heterocycles. The number of esters is 2. The van der Waals surface area contributed by atoms with Crippen molar-refractivity contribution in [2.24, 2.45) is 5.92 Å². The largest absolute Gasteiger partial charge is 0.508 e. The number of amides is 2. The van der Waals surface area contributed by atoms with E-state index in [-0.39, 0.29) is 51.8 Å². The first-order valence-electron chi connectivity index (χ1n) is 24.0. The van der Waals surface area contributed by atoms with Crippen molar-refractivity contribution in [1.29, 1.82) is 0 Å². The molecule has 1 heterocycles. The molecule has 2 amide bonds. The van der Waals surface area contributed by atoms with Crippen molar-refractivity contribution in [2.75, 3.05) is 46.2 Å². The van der Waals surface area contributed by atoms with Crippen LogP contribution in [0.15, 0.2) is 36.5 Å². The molecular formula is C49H83NO11. The fraction of sp³-hybridized carbons (Fsp3) is 0.776. The number of unbranched alkanes of at least 4 members (excludes halogenated alkanes) is 18. The summed E-state index contributed by atoms with van der Waals surface area (Å²) >= 11 is 0. The van der Waals surface area contributed by atoms with Crippen molar-refractivity contribution in [3.8, 4) is 0 Å². The van der Waals surface area contributed by atoms with Crippen molar-refractivity contribution < 1.29 is 52.4 Å². The molecule has 0 radical (unpaired) electrons. The topological polar surface area (TPSA) is 144 Å². The first-order chi connectivity index (χ1) is 29.8. The monoisotopic (exact) mass is 862 g/mol. The maximum atomic E-state index is 12.9. The van der Waals surface area contributed by atoms with Gasteiger partial charge in [0.15, 0.2) is 6.29 Å². The number of hydrogen-bond acceptors (Lipinski definition) is 11. The Bertz CT molecular complexity index is 1200. The van der Waals surface area contributed by atoms with Crippen molar-refractivity contribution in [1.82, 2.24) is 4.90 Å². The molecule has 0 fully saturated rings. The second-order valence-corrected chi connectivity index (χ2v) is 16.0. The van der Waals surface area contributed by atoms with E-state index in [0.29, 0.717) is 26.1 Å². The van der Waals surface area contributed by atoms with Crippen molar-refractivity contribution in [3.05, 3.63) is 36.5 Å². The van der Waals surface area contributed by atoms with Crippen LogP contribution in [0.25, 0.3) is 0 Å². The third-order valence-corrected chi connectivity index (χ3v) is 10.4. The molecule has 350 valence electrons. The highest BCUT2D eigenvalue weighted by Gasteiger charge is 2.24. The number of carbonyl (C=O) groups is 5. The van der Waals surface area contributed by atoms with Crippen LogP contribution in [0.3, 0.4) is 0 Å². The minimum Gasteiger partial charge on any atom is -0.465 e. The molecule has 1 aliphatic rings. The molecule has 1 atom stereocenters. The maximum absolute atomic E-state index is 12.9. The zero-order valence-electron chi connectivity index (χ0n) is 38.4. The summed E-state index contributed by atoms with van der Waals surface area (Å²) in [6.07, 6.45) is 36.1. The second kappa shape index (κ2) is 40.6. The van der Waals surface area contributed by atoms with E-state index < -0.39 is 36.1 Å². The van der Waals surface area contributed by atoms with Gasteiger partial charge in [0, 0.05) is 38.2 Å². The minimum absolute atomic E-state index is 0.0721. The van der Waals surface area contributed by atoms with E-state index in [9.17, 15) is 24.0 Å². The van der Waals surface area contributed by atoms with Crippen LogP contribution in [0.2, 0.25) is 0 Å². The quantitative estimate of drug-likeness (QED) is 0.0144. The molecule has 12 nitrogen and oxygen atoms in total. The summed E-state index contributed by atoms with van der Waals surface area (Å²) in [6.45, 7) is 6.90. The van der Waals surface area contributed by atoms with Crippen LogP contribution >= 0.6 is 0 Å². The lowest BCUT2D eigenvalue weighted by Crippen LogP contribution is -2.34. The standard InChI is InChI=1S/C49H83NO11/c1-4-7-10-13-16-17-18-19-20-21-22-23-24-25-28-31-46(53)59-40-43(42-61-49(55)58-39-36-50-44(51)32-33-45(50)52)41-60-47(54)34-35-48(56-37-29-26-14-11-8-5-2)57-38-30-27-15-12-9-6-3/h16-17,19-20,32-33,43,48H,4-15,18,21-31,34-42H2,1-3H3/b17-16-,20-19-. The van der Waals surface area contributed by atoms with Gasteiger partial charge < -0.3 is 28.4 Å². The average Bonchev–Trinajstić information content (AvgIpc) is 3.58. The number of hydrogen-bond donors (Lipinski definition) is 0. The van der Waals surface area contributed by atoms with Gasteiger partial charge in [0.05, 0.1) is 18.9 Å². The lowest BCUT2D eigenvalue weighted by Gasteiger charge is -2.20. The van der Waals surface area contributed by atoms with E-state index in [2.05, 4.69) is 45.1 Å². The van der Waals surface area contributed by atoms with Crippen LogP contribution in [0.5, 0.6) is 0 Å². The molecule has 0 bridgehead atoms. The Morgan fingerprint density at radius 2 is 0.984 bits per heavy atom. The first-order valence-corrected chi connectivity index (χ1v) is 24.0. The van der Waals surface area contributed by atoms with Gasteiger partial charge in [-0.1, -0.05) is 141 Å². The van der Waals surface area contributed by atoms with Gasteiger partial charge >= 0.3 is 18.1 Å². The molecular weight excluding hydrogens is 779 g/mol. The number of rotatable bonds is 42. The molecule has 0 aliphatic carbocycles. The Hall–Kier alpha value is -3.51. The molecule has 0 saturated carbocycles. The lowest BCUT2D eigenvalue weighted by molar-refractivity contribution is -0.161. The van der Waals surface area contributed by atoms with E-state index in [0.717, 1.165) is 87.7 Å². The highest BCUT2D eigenvalue weighted by Crippen LogP contribution is 2.14. The second-order valence-electron chi connectivity index (χ2n) is 16.0. The predicted molar refractivity (Wildman–Crippen MR) is 240 cm³/mol. The van der Waals surface area contributed by atoms with E-state index in [1.54, 1.807) is 0 Å². The van der Waals surface area contributed by atoms with Gasteiger partial charge in [-0.05, 0) is 51.4 Å². The van der Waals surface area contributed by atoms with Gasteiger partial charge in [0.25, 0.3) is 11.8 Å². The van der Waals surface area contributed by atoms with E-state index in [4.69, 9.17) is 28.4 Å². The number of carbonyl (C=O) groups excluding carboxylic acids is 5. The number of ether oxygens (including phenoxy) is 6. The van der Waals surface area contributed by atoms with Crippen molar-refractivity contribution in [3.63, 3.8) is 0 Å². The van der Waals surface area contributed by atoms with Gasteiger partial charge in [-0.3, -0.25) is 24.1 Å². The van der Waals surface area contributed by atoms with Crippen LogP contribution < -0.4 is 0 Å². The summed E-state index contributed by atoms with van der Waals surface area (Å²) < 4.78 is 33.5. The number of nitrogens with zero attached hydrogens (tertiary/aromatic N) is 1. The molecule has 0 aromatic carbocycles. The van der Waals surface area contributed by atoms with Crippen LogP contribution in [-0.4, -0.2) is 87.3 Å². The van der Waals surface area contributed by atoms with E-state index in [1.165, 1.54) is 70.6 Å². The van der Waals surface area contributed by atoms with Crippen LogP contribution in [0, 0.1) is 5.92 Å². The number of allylic oxidation sites excluding steroid dienone is 4. The molecule has 12 heteroatoms. The molecule has 1 aliphatic heterocycles. The Kier molecular flexibility index (Phi) is 36.9. The highest BCUT2D eigenvalue weighted by atomic mass is 16.7. The zero-order chi connectivity index (χ0) is 44.4. The van der Waals surface area contributed by atoms with Crippen molar-refractivity contribution in [2.45, 2.75) is 194 Å². The van der Waals surface area contributed by atoms with E-state index in [1.807, 2.05) is 0 Å². The molecule has 1 rings (SSSR count). The van der Waals surface area contributed by atoms with Gasteiger partial charge in [0.1, 0.15) is 26.4 Å². The van der Waals surface area contributed by atoms with Crippen molar-refractivity contribution >= 4 is 29.9 Å². The van der Waals surface area contributed by atoms with Gasteiger partial charge in [-0.2, -0.15) is 0 Å². The summed E-state index contributed by atoms with van der Waals surface area (Å²) in [6, 6.07) is 0. The summed E-state index contributed by atoms with van der Waals surface area (Å²) in [4.78, 5) is 62.4. The third kappa shape index (κ3) is 33.8. The lowest BCUT2D eigenvalue weighted by atomic mass is 10.1. The smallest absolute Gasteiger partial charge is 0.465 e. The highest BCUT2D eigenvalue weighted by molar-refractivity contribution is 6.12. The molecule has 61 heavy (non-hydrogen) atoms. The molecule has 0 spiro atoms.